The Balaban J connectivity index is 1.67. The van der Waals surface area contributed by atoms with Gasteiger partial charge in [0.05, 0.1) is 6.61 Å². The molecule has 1 aliphatic carbocycles. The lowest BCUT2D eigenvalue weighted by Gasteiger charge is -2.26. The molecule has 2 N–H and O–H groups in total. The zero-order chi connectivity index (χ0) is 13.5. The average molecular weight is 263 g/mol. The van der Waals surface area contributed by atoms with Crippen LogP contribution in [0.15, 0.2) is 30.3 Å². The van der Waals surface area contributed by atoms with Gasteiger partial charge >= 0.3 is 6.09 Å². The fraction of sp³-hybridized carbons (Fsp3) is 0.533. The van der Waals surface area contributed by atoms with E-state index in [9.17, 15) is 4.79 Å². The van der Waals surface area contributed by atoms with E-state index in [1.807, 2.05) is 30.3 Å². The molecule has 19 heavy (non-hydrogen) atoms. The van der Waals surface area contributed by atoms with Gasteiger partial charge in [0.1, 0.15) is 0 Å². The largest absolute Gasteiger partial charge is 0.449 e. The van der Waals surface area contributed by atoms with E-state index in [-0.39, 0.29) is 6.61 Å². The minimum absolute atomic E-state index is 0.280. The van der Waals surface area contributed by atoms with Crippen LogP contribution < -0.4 is 5.32 Å². The first kappa shape index (κ1) is 13.9. The van der Waals surface area contributed by atoms with Crippen molar-refractivity contribution >= 4 is 11.8 Å². The molecule has 104 valence electrons. The normalized spacial score (nSPS) is 22.8. The van der Waals surface area contributed by atoms with Crippen LogP contribution in [0.1, 0.15) is 25.7 Å². The van der Waals surface area contributed by atoms with E-state index in [1.54, 1.807) is 0 Å². The zero-order valence-electron chi connectivity index (χ0n) is 11.0. The molecule has 1 aromatic carbocycles. The highest BCUT2D eigenvalue weighted by molar-refractivity contribution is 5.84. The molecule has 0 unspecified atom stereocenters. The molecule has 0 heterocycles. The maximum atomic E-state index is 11.6. The molecule has 0 radical (unpaired) electrons. The van der Waals surface area contributed by atoms with Crippen LogP contribution in [0.2, 0.25) is 0 Å². The highest BCUT2D eigenvalue weighted by Gasteiger charge is 2.21. The van der Waals surface area contributed by atoms with Crippen LogP contribution in [-0.4, -0.2) is 24.4 Å². The summed E-state index contributed by atoms with van der Waals surface area (Å²) in [5.41, 5.74) is 0.747. The summed E-state index contributed by atoms with van der Waals surface area (Å²) >= 11 is 0. The summed E-state index contributed by atoms with van der Waals surface area (Å²) in [6, 6.07) is 9.29. The molecule has 1 aromatic rings. The lowest BCUT2D eigenvalue weighted by Crippen LogP contribution is -2.23. The third-order valence-electron chi connectivity index (χ3n) is 3.69. The van der Waals surface area contributed by atoms with Crippen molar-refractivity contribution in [2.45, 2.75) is 25.7 Å². The van der Waals surface area contributed by atoms with Gasteiger partial charge in [0, 0.05) is 12.3 Å². The first-order chi connectivity index (χ1) is 9.28. The highest BCUT2D eigenvalue weighted by Crippen LogP contribution is 2.28. The van der Waals surface area contributed by atoms with E-state index < -0.39 is 6.09 Å². The Bertz CT molecular complexity index is 386. The van der Waals surface area contributed by atoms with Crippen LogP contribution in [0, 0.1) is 11.8 Å². The Morgan fingerprint density at radius 1 is 1.16 bits per heavy atom. The zero-order valence-corrected chi connectivity index (χ0v) is 11.0. The van der Waals surface area contributed by atoms with E-state index in [1.165, 1.54) is 0 Å². The van der Waals surface area contributed by atoms with Crippen molar-refractivity contribution < 1.29 is 14.6 Å². The number of ether oxygens (including phenoxy) is 1. The van der Waals surface area contributed by atoms with Crippen molar-refractivity contribution in [3.05, 3.63) is 30.3 Å². The summed E-state index contributed by atoms with van der Waals surface area (Å²) in [6.07, 6.45) is 3.74. The van der Waals surface area contributed by atoms with Crippen LogP contribution >= 0.6 is 0 Å². The molecule has 1 aliphatic rings. The molecule has 0 aromatic heterocycles. The summed E-state index contributed by atoms with van der Waals surface area (Å²) in [4.78, 5) is 11.6. The standard InChI is InChI=1S/C15H21NO3/c17-10-12-6-8-13(9-7-12)11-19-15(18)16-14-4-2-1-3-5-14/h1-5,12-13,17H,6-11H2,(H,16,18)/t12-,13-. The van der Waals surface area contributed by atoms with Crippen molar-refractivity contribution in [2.24, 2.45) is 11.8 Å². The summed E-state index contributed by atoms with van der Waals surface area (Å²) < 4.78 is 5.24. The van der Waals surface area contributed by atoms with Crippen molar-refractivity contribution in [3.8, 4) is 0 Å². The quantitative estimate of drug-likeness (QED) is 0.877. The van der Waals surface area contributed by atoms with E-state index in [0.29, 0.717) is 18.4 Å². The Kier molecular flexibility index (Phi) is 5.21. The SMILES string of the molecule is O=C(Nc1ccccc1)OC[C@H]1CC[C@H](CO)CC1. The number of carbonyl (C=O) groups is 1. The van der Waals surface area contributed by atoms with Gasteiger partial charge in [0.2, 0.25) is 0 Å². The van der Waals surface area contributed by atoms with Gasteiger partial charge in [-0.15, -0.1) is 0 Å². The fourth-order valence-corrected chi connectivity index (χ4v) is 2.45. The number of rotatable bonds is 4. The highest BCUT2D eigenvalue weighted by atomic mass is 16.5. The number of para-hydroxylation sites is 1. The lowest BCUT2D eigenvalue weighted by molar-refractivity contribution is 0.107. The van der Waals surface area contributed by atoms with Crippen molar-refractivity contribution in [1.82, 2.24) is 0 Å². The van der Waals surface area contributed by atoms with Gasteiger partial charge < -0.3 is 9.84 Å². The summed E-state index contributed by atoms with van der Waals surface area (Å²) in [5.74, 6) is 0.874. The maximum Gasteiger partial charge on any atom is 0.411 e. The van der Waals surface area contributed by atoms with Crippen molar-refractivity contribution in [2.75, 3.05) is 18.5 Å². The Hall–Kier alpha value is -1.55. The number of hydrogen-bond donors (Lipinski definition) is 2. The van der Waals surface area contributed by atoms with E-state index in [4.69, 9.17) is 9.84 Å². The number of aliphatic hydroxyl groups excluding tert-OH is 1. The van der Waals surface area contributed by atoms with Crippen LogP contribution in [0.3, 0.4) is 0 Å². The first-order valence-corrected chi connectivity index (χ1v) is 6.87. The minimum Gasteiger partial charge on any atom is -0.449 e. The van der Waals surface area contributed by atoms with Crippen LogP contribution in [0.25, 0.3) is 0 Å². The van der Waals surface area contributed by atoms with Gasteiger partial charge in [-0.1, -0.05) is 18.2 Å². The smallest absolute Gasteiger partial charge is 0.411 e. The molecule has 0 atom stereocenters. The lowest BCUT2D eigenvalue weighted by atomic mass is 9.83. The second kappa shape index (κ2) is 7.14. The van der Waals surface area contributed by atoms with Crippen LogP contribution in [-0.2, 0) is 4.74 Å². The van der Waals surface area contributed by atoms with Crippen molar-refractivity contribution in [1.29, 1.82) is 0 Å². The predicted molar refractivity (Wildman–Crippen MR) is 73.9 cm³/mol. The molecule has 0 spiro atoms. The third-order valence-corrected chi connectivity index (χ3v) is 3.69. The number of benzene rings is 1. The number of amides is 1. The Morgan fingerprint density at radius 3 is 2.42 bits per heavy atom. The number of hydrogen-bond acceptors (Lipinski definition) is 3. The molecule has 4 nitrogen and oxygen atoms in total. The van der Waals surface area contributed by atoms with Crippen LogP contribution in [0.4, 0.5) is 10.5 Å². The summed E-state index contributed by atoms with van der Waals surface area (Å²) in [5, 5.41) is 11.8. The first-order valence-electron chi connectivity index (χ1n) is 6.87. The summed E-state index contributed by atoms with van der Waals surface area (Å²) in [7, 11) is 0. The number of carbonyl (C=O) groups excluding carboxylic acids is 1. The topological polar surface area (TPSA) is 58.6 Å². The molecule has 0 saturated heterocycles. The third kappa shape index (κ3) is 4.56. The molecule has 1 saturated carbocycles. The van der Waals surface area contributed by atoms with Gasteiger partial charge in [-0.2, -0.15) is 0 Å². The monoisotopic (exact) mass is 263 g/mol. The number of aliphatic hydroxyl groups is 1. The van der Waals surface area contributed by atoms with Crippen molar-refractivity contribution in [3.63, 3.8) is 0 Å². The predicted octanol–water partition coefficient (Wildman–Crippen LogP) is 3.03. The van der Waals surface area contributed by atoms with E-state index >= 15 is 0 Å². The second-order valence-electron chi connectivity index (χ2n) is 5.16. The fourth-order valence-electron chi connectivity index (χ4n) is 2.45. The second-order valence-corrected chi connectivity index (χ2v) is 5.16. The van der Waals surface area contributed by atoms with Gasteiger partial charge in [0.15, 0.2) is 0 Å². The average Bonchev–Trinajstić information content (AvgIpc) is 2.47. The number of nitrogens with one attached hydrogen (secondary N) is 1. The number of anilines is 1. The van der Waals surface area contributed by atoms with Gasteiger partial charge in [-0.3, -0.25) is 5.32 Å². The molecule has 0 aliphatic heterocycles. The maximum absolute atomic E-state index is 11.6. The molecule has 0 bridgehead atoms. The summed E-state index contributed by atoms with van der Waals surface area (Å²) in [6.45, 7) is 0.749. The molecule has 1 fully saturated rings. The van der Waals surface area contributed by atoms with E-state index in [2.05, 4.69) is 5.32 Å². The molecular formula is C15H21NO3. The van der Waals surface area contributed by atoms with Gasteiger partial charge in [-0.25, -0.2) is 4.79 Å². The molecule has 4 heteroatoms. The molecular weight excluding hydrogens is 242 g/mol. The molecule has 1 amide bonds. The van der Waals surface area contributed by atoms with E-state index in [0.717, 1.165) is 31.4 Å². The molecule has 2 rings (SSSR count). The van der Waals surface area contributed by atoms with Gasteiger partial charge in [0.25, 0.3) is 0 Å². The minimum atomic E-state index is -0.393. The Labute approximate surface area is 113 Å². The van der Waals surface area contributed by atoms with Gasteiger partial charge in [-0.05, 0) is 49.7 Å². The Morgan fingerprint density at radius 2 is 1.79 bits per heavy atom. The van der Waals surface area contributed by atoms with Crippen LogP contribution in [0.5, 0.6) is 0 Å².